The summed E-state index contributed by atoms with van der Waals surface area (Å²) in [7, 11) is -3.98. The standard InChI is InChI=1S/C27H31ClN2O3S/c1-19-17-23(28)15-16-25(19)30(34(32,33)24-9-7-6-8-10-24)18-26(31)29-20(2)21-11-13-22(14-12-21)27(3,4)5/h6-17,20H,18H2,1-5H3,(H,29,31)/t20-/m0/s1. The number of aryl methyl sites for hydroxylation is 1. The first-order chi connectivity index (χ1) is 15.9. The molecule has 1 amide bonds. The number of hydrogen-bond acceptors (Lipinski definition) is 3. The van der Waals surface area contributed by atoms with Crippen molar-refractivity contribution in [3.8, 4) is 0 Å². The minimum atomic E-state index is -3.98. The summed E-state index contributed by atoms with van der Waals surface area (Å²) in [6.45, 7) is 9.74. The predicted octanol–water partition coefficient (Wildman–Crippen LogP) is 6.02. The van der Waals surface area contributed by atoms with Crippen LogP contribution in [0, 0.1) is 6.92 Å². The second kappa shape index (κ2) is 10.2. The van der Waals surface area contributed by atoms with Crippen LogP contribution in [-0.2, 0) is 20.2 Å². The molecule has 0 saturated heterocycles. The second-order valence-corrected chi connectivity index (χ2v) is 11.7. The molecule has 3 rings (SSSR count). The van der Waals surface area contributed by atoms with E-state index in [-0.39, 0.29) is 22.9 Å². The highest BCUT2D eigenvalue weighted by Gasteiger charge is 2.28. The highest BCUT2D eigenvalue weighted by Crippen LogP contribution is 2.29. The molecule has 0 unspecified atom stereocenters. The van der Waals surface area contributed by atoms with Crippen LogP contribution in [0.5, 0.6) is 0 Å². The number of nitrogens with one attached hydrogen (secondary N) is 1. The molecule has 0 aliphatic heterocycles. The molecule has 1 atom stereocenters. The van der Waals surface area contributed by atoms with E-state index >= 15 is 0 Å². The Bertz CT molecular complexity index is 1250. The number of sulfonamides is 1. The van der Waals surface area contributed by atoms with Gasteiger partial charge in [-0.05, 0) is 66.3 Å². The average molecular weight is 499 g/mol. The van der Waals surface area contributed by atoms with Crippen molar-refractivity contribution in [2.45, 2.75) is 51.0 Å². The smallest absolute Gasteiger partial charge is 0.264 e. The van der Waals surface area contributed by atoms with Gasteiger partial charge in [-0.1, -0.05) is 74.8 Å². The van der Waals surface area contributed by atoms with Gasteiger partial charge in [0.2, 0.25) is 5.91 Å². The van der Waals surface area contributed by atoms with Gasteiger partial charge in [0.15, 0.2) is 0 Å². The zero-order valence-corrected chi connectivity index (χ0v) is 21.7. The van der Waals surface area contributed by atoms with Crippen LogP contribution in [0.2, 0.25) is 5.02 Å². The molecule has 0 aromatic heterocycles. The van der Waals surface area contributed by atoms with E-state index in [9.17, 15) is 13.2 Å². The van der Waals surface area contributed by atoms with Crippen LogP contribution in [0.1, 0.15) is 50.4 Å². The Morgan fingerprint density at radius 3 is 2.18 bits per heavy atom. The van der Waals surface area contributed by atoms with Crippen LogP contribution < -0.4 is 9.62 Å². The van der Waals surface area contributed by atoms with E-state index < -0.39 is 15.9 Å². The number of carbonyl (C=O) groups excluding carboxylic acids is 1. The number of anilines is 1. The number of hydrogen-bond donors (Lipinski definition) is 1. The third kappa shape index (κ3) is 5.99. The molecule has 34 heavy (non-hydrogen) atoms. The first-order valence-electron chi connectivity index (χ1n) is 11.1. The normalized spacial score (nSPS) is 12.8. The molecule has 3 aromatic rings. The Kier molecular flexibility index (Phi) is 7.74. The van der Waals surface area contributed by atoms with Crippen molar-refractivity contribution < 1.29 is 13.2 Å². The van der Waals surface area contributed by atoms with Crippen LogP contribution >= 0.6 is 11.6 Å². The molecule has 0 fully saturated rings. The Morgan fingerprint density at radius 1 is 1.00 bits per heavy atom. The SMILES string of the molecule is Cc1cc(Cl)ccc1N(CC(=O)N[C@@H](C)c1ccc(C(C)(C)C)cc1)S(=O)(=O)c1ccccc1. The van der Waals surface area contributed by atoms with Gasteiger partial charge in [-0.2, -0.15) is 0 Å². The minimum Gasteiger partial charge on any atom is -0.348 e. The maximum absolute atomic E-state index is 13.5. The summed E-state index contributed by atoms with van der Waals surface area (Å²) < 4.78 is 28.1. The summed E-state index contributed by atoms with van der Waals surface area (Å²) in [5.41, 5.74) is 3.25. The molecule has 180 valence electrons. The van der Waals surface area contributed by atoms with E-state index in [1.165, 1.54) is 17.7 Å². The molecule has 0 saturated carbocycles. The largest absolute Gasteiger partial charge is 0.348 e. The average Bonchev–Trinajstić information content (AvgIpc) is 2.78. The van der Waals surface area contributed by atoms with E-state index in [1.807, 2.05) is 19.1 Å². The van der Waals surface area contributed by atoms with Gasteiger partial charge in [-0.15, -0.1) is 0 Å². The maximum atomic E-state index is 13.5. The quantitative estimate of drug-likeness (QED) is 0.433. The predicted molar refractivity (Wildman–Crippen MR) is 139 cm³/mol. The fourth-order valence-electron chi connectivity index (χ4n) is 3.69. The van der Waals surface area contributed by atoms with E-state index in [4.69, 9.17) is 11.6 Å². The Balaban J connectivity index is 1.87. The molecule has 0 heterocycles. The van der Waals surface area contributed by atoms with Crippen LogP contribution in [-0.4, -0.2) is 20.9 Å². The van der Waals surface area contributed by atoms with Gasteiger partial charge in [0.05, 0.1) is 16.6 Å². The van der Waals surface area contributed by atoms with E-state index in [0.29, 0.717) is 16.3 Å². The van der Waals surface area contributed by atoms with Crippen LogP contribution in [0.3, 0.4) is 0 Å². The van der Waals surface area contributed by atoms with Gasteiger partial charge in [0.25, 0.3) is 10.0 Å². The molecular formula is C27H31ClN2O3S. The Morgan fingerprint density at radius 2 is 1.62 bits per heavy atom. The molecule has 3 aromatic carbocycles. The molecule has 5 nitrogen and oxygen atoms in total. The number of nitrogens with zero attached hydrogens (tertiary/aromatic N) is 1. The van der Waals surface area contributed by atoms with Crippen LogP contribution in [0.4, 0.5) is 5.69 Å². The first-order valence-corrected chi connectivity index (χ1v) is 12.9. The van der Waals surface area contributed by atoms with Crippen molar-refractivity contribution in [3.63, 3.8) is 0 Å². The van der Waals surface area contributed by atoms with Gasteiger partial charge >= 0.3 is 0 Å². The number of benzene rings is 3. The van der Waals surface area contributed by atoms with Crippen molar-refractivity contribution in [3.05, 3.63) is 94.5 Å². The summed E-state index contributed by atoms with van der Waals surface area (Å²) in [5.74, 6) is -0.402. The van der Waals surface area contributed by atoms with Crippen LogP contribution in [0.25, 0.3) is 0 Å². The third-order valence-corrected chi connectivity index (χ3v) is 7.71. The zero-order chi connectivity index (χ0) is 25.1. The molecule has 1 N–H and O–H groups in total. The molecule has 0 aliphatic carbocycles. The van der Waals surface area contributed by atoms with Crippen molar-refractivity contribution in [1.82, 2.24) is 5.32 Å². The lowest BCUT2D eigenvalue weighted by Gasteiger charge is -2.26. The fourth-order valence-corrected chi connectivity index (χ4v) is 5.42. The summed E-state index contributed by atoms with van der Waals surface area (Å²) in [6, 6.07) is 20.8. The summed E-state index contributed by atoms with van der Waals surface area (Å²) >= 11 is 6.09. The lowest BCUT2D eigenvalue weighted by Crippen LogP contribution is -2.41. The van der Waals surface area contributed by atoms with E-state index in [2.05, 4.69) is 38.2 Å². The van der Waals surface area contributed by atoms with Crippen molar-refractivity contribution in [2.24, 2.45) is 0 Å². The second-order valence-electron chi connectivity index (χ2n) is 9.42. The zero-order valence-electron chi connectivity index (χ0n) is 20.2. The molecule has 0 aliphatic rings. The molecule has 0 radical (unpaired) electrons. The lowest BCUT2D eigenvalue weighted by molar-refractivity contribution is -0.120. The topological polar surface area (TPSA) is 66.5 Å². The monoisotopic (exact) mass is 498 g/mol. The summed E-state index contributed by atoms with van der Waals surface area (Å²) in [5, 5.41) is 3.43. The number of halogens is 1. The fraction of sp³-hybridized carbons (Fsp3) is 0.296. The molecule has 7 heteroatoms. The Labute approximate surface area is 207 Å². The van der Waals surface area contributed by atoms with Crippen molar-refractivity contribution >= 4 is 33.2 Å². The molecule has 0 bridgehead atoms. The van der Waals surface area contributed by atoms with Gasteiger partial charge in [-0.25, -0.2) is 8.42 Å². The first kappa shape index (κ1) is 25.8. The van der Waals surface area contributed by atoms with Crippen molar-refractivity contribution in [2.75, 3.05) is 10.8 Å². The molecule has 0 spiro atoms. The van der Waals surface area contributed by atoms with Crippen molar-refractivity contribution in [1.29, 1.82) is 0 Å². The Hall–Kier alpha value is -2.83. The summed E-state index contributed by atoms with van der Waals surface area (Å²) in [6.07, 6.45) is 0. The van der Waals surface area contributed by atoms with Crippen LogP contribution in [0.15, 0.2) is 77.7 Å². The number of carbonyl (C=O) groups is 1. The van der Waals surface area contributed by atoms with Gasteiger partial charge in [-0.3, -0.25) is 9.10 Å². The summed E-state index contributed by atoms with van der Waals surface area (Å²) in [4.78, 5) is 13.2. The number of rotatable bonds is 7. The number of amides is 1. The molecular weight excluding hydrogens is 468 g/mol. The van der Waals surface area contributed by atoms with Gasteiger partial charge in [0, 0.05) is 5.02 Å². The lowest BCUT2D eigenvalue weighted by atomic mass is 9.86. The van der Waals surface area contributed by atoms with E-state index in [0.717, 1.165) is 9.87 Å². The highest BCUT2D eigenvalue weighted by atomic mass is 35.5. The highest BCUT2D eigenvalue weighted by molar-refractivity contribution is 7.92. The van der Waals surface area contributed by atoms with Gasteiger partial charge < -0.3 is 5.32 Å². The minimum absolute atomic E-state index is 0.0355. The van der Waals surface area contributed by atoms with Gasteiger partial charge in [0.1, 0.15) is 6.54 Å². The third-order valence-electron chi connectivity index (χ3n) is 5.70. The van der Waals surface area contributed by atoms with E-state index in [1.54, 1.807) is 43.3 Å². The maximum Gasteiger partial charge on any atom is 0.264 e.